The van der Waals surface area contributed by atoms with Crippen molar-refractivity contribution in [2.24, 2.45) is 7.05 Å². The van der Waals surface area contributed by atoms with E-state index in [-0.39, 0.29) is 5.91 Å². The lowest BCUT2D eigenvalue weighted by molar-refractivity contribution is 0.0957. The molecule has 0 aliphatic carbocycles. The van der Waals surface area contributed by atoms with Crippen molar-refractivity contribution >= 4 is 17.7 Å². The predicted molar refractivity (Wildman–Crippen MR) is 88.2 cm³/mol. The minimum Gasteiger partial charge on any atom is -0.354 e. The topological polar surface area (TPSA) is 72.7 Å². The molecule has 3 aromatic rings. The van der Waals surface area contributed by atoms with Crippen LogP contribution < -0.4 is 5.32 Å². The van der Waals surface area contributed by atoms with Gasteiger partial charge in [0.15, 0.2) is 10.9 Å². The highest BCUT2D eigenvalue weighted by Crippen LogP contribution is 2.28. The first-order chi connectivity index (χ1) is 11.2. The van der Waals surface area contributed by atoms with E-state index in [4.69, 9.17) is 0 Å². The maximum Gasteiger partial charge on any atom is 0.271 e. The number of benzene rings is 1. The number of rotatable bonds is 4. The van der Waals surface area contributed by atoms with Crippen LogP contribution >= 0.6 is 11.8 Å². The summed E-state index contributed by atoms with van der Waals surface area (Å²) in [7, 11) is 3.52. The van der Waals surface area contributed by atoms with Crippen molar-refractivity contribution in [1.29, 1.82) is 0 Å². The maximum absolute atomic E-state index is 11.5. The molecule has 116 valence electrons. The molecule has 1 aromatic carbocycles. The molecular weight excluding hydrogens is 310 g/mol. The zero-order chi connectivity index (χ0) is 16.2. The lowest BCUT2D eigenvalue weighted by Gasteiger charge is -2.05. The van der Waals surface area contributed by atoms with Crippen LogP contribution in [-0.2, 0) is 7.05 Å². The summed E-state index contributed by atoms with van der Waals surface area (Å²) in [6.07, 6.45) is 1.84. The molecule has 0 spiro atoms. The molecule has 0 bridgehead atoms. The van der Waals surface area contributed by atoms with E-state index in [1.54, 1.807) is 19.2 Å². The normalized spacial score (nSPS) is 10.5. The fourth-order valence-electron chi connectivity index (χ4n) is 2.08. The number of hydrogen-bond acceptors (Lipinski definition) is 5. The van der Waals surface area contributed by atoms with Crippen LogP contribution in [0.25, 0.3) is 11.3 Å². The van der Waals surface area contributed by atoms with Gasteiger partial charge in [0, 0.05) is 14.1 Å². The monoisotopic (exact) mass is 325 g/mol. The second-order valence-corrected chi connectivity index (χ2v) is 5.78. The van der Waals surface area contributed by atoms with Gasteiger partial charge in [-0.05, 0) is 29.5 Å². The Morgan fingerprint density at radius 2 is 1.91 bits per heavy atom. The van der Waals surface area contributed by atoms with Gasteiger partial charge < -0.3 is 9.88 Å². The first kappa shape index (κ1) is 15.2. The number of imidazole rings is 1. The van der Waals surface area contributed by atoms with Crippen molar-refractivity contribution in [1.82, 2.24) is 25.1 Å². The summed E-state index contributed by atoms with van der Waals surface area (Å²) < 4.78 is 2.01. The Hall–Kier alpha value is -2.67. The number of nitrogens with zero attached hydrogens (tertiary/aromatic N) is 4. The maximum atomic E-state index is 11.5. The molecule has 23 heavy (non-hydrogen) atoms. The fourth-order valence-corrected chi connectivity index (χ4v) is 2.83. The predicted octanol–water partition coefficient (Wildman–Crippen LogP) is 2.39. The van der Waals surface area contributed by atoms with Crippen LogP contribution in [0, 0.1) is 0 Å². The second-order valence-electron chi connectivity index (χ2n) is 4.79. The Morgan fingerprint density at radius 3 is 2.57 bits per heavy atom. The average molecular weight is 325 g/mol. The number of amides is 1. The van der Waals surface area contributed by atoms with Gasteiger partial charge in [-0.15, -0.1) is 10.2 Å². The summed E-state index contributed by atoms with van der Waals surface area (Å²) in [6, 6.07) is 13.5. The lowest BCUT2D eigenvalue weighted by atomic mass is 10.2. The van der Waals surface area contributed by atoms with Crippen LogP contribution in [0.1, 0.15) is 10.5 Å². The molecule has 7 heteroatoms. The summed E-state index contributed by atoms with van der Waals surface area (Å²) in [4.78, 5) is 15.9. The molecule has 2 aromatic heterocycles. The molecule has 0 atom stereocenters. The largest absolute Gasteiger partial charge is 0.354 e. The summed E-state index contributed by atoms with van der Waals surface area (Å²) in [5.41, 5.74) is 2.43. The minimum absolute atomic E-state index is 0.252. The number of aromatic nitrogens is 4. The minimum atomic E-state index is -0.252. The average Bonchev–Trinajstić information content (AvgIpc) is 2.96. The Bertz CT molecular complexity index is 814. The molecule has 0 radical (unpaired) electrons. The van der Waals surface area contributed by atoms with Gasteiger partial charge in [0.2, 0.25) is 0 Å². The number of hydrogen-bond donors (Lipinski definition) is 1. The van der Waals surface area contributed by atoms with Gasteiger partial charge in [0.05, 0.1) is 11.9 Å². The molecule has 0 unspecified atom stereocenters. The lowest BCUT2D eigenvalue weighted by Crippen LogP contribution is -2.19. The van der Waals surface area contributed by atoms with Gasteiger partial charge >= 0.3 is 0 Å². The first-order valence-corrected chi connectivity index (χ1v) is 7.81. The van der Waals surface area contributed by atoms with Crippen LogP contribution in [0.3, 0.4) is 0 Å². The van der Waals surface area contributed by atoms with Gasteiger partial charge in [0.1, 0.15) is 5.03 Å². The molecule has 2 heterocycles. The summed E-state index contributed by atoms with van der Waals surface area (Å²) in [5.74, 6) is -0.252. The quantitative estimate of drug-likeness (QED) is 0.797. The highest BCUT2D eigenvalue weighted by Gasteiger charge is 2.12. The van der Waals surface area contributed by atoms with E-state index in [1.165, 1.54) is 11.8 Å². The standard InChI is InChI=1S/C16H15N5OS/c1-17-15(22)12-8-9-14(20-19-12)23-16-18-10-13(21(16)2)11-6-4-3-5-7-11/h3-10H,1-2H3,(H,17,22). The van der Waals surface area contributed by atoms with E-state index in [2.05, 4.69) is 20.5 Å². The third-order valence-corrected chi connectivity index (χ3v) is 4.30. The van der Waals surface area contributed by atoms with Gasteiger partial charge in [-0.3, -0.25) is 4.79 Å². The summed E-state index contributed by atoms with van der Waals surface area (Å²) >= 11 is 1.40. The smallest absolute Gasteiger partial charge is 0.271 e. The Balaban J connectivity index is 1.81. The van der Waals surface area contributed by atoms with E-state index in [0.717, 1.165) is 16.4 Å². The third-order valence-electron chi connectivity index (χ3n) is 3.31. The van der Waals surface area contributed by atoms with E-state index in [1.807, 2.05) is 48.1 Å². The zero-order valence-electron chi connectivity index (χ0n) is 12.7. The molecule has 0 aliphatic heterocycles. The Morgan fingerprint density at radius 1 is 1.13 bits per heavy atom. The van der Waals surface area contributed by atoms with Crippen molar-refractivity contribution in [3.05, 3.63) is 54.4 Å². The van der Waals surface area contributed by atoms with Crippen LogP contribution in [0.5, 0.6) is 0 Å². The SMILES string of the molecule is CNC(=O)c1ccc(Sc2ncc(-c3ccccc3)n2C)nn1. The summed E-state index contributed by atoms with van der Waals surface area (Å²) in [5, 5.41) is 12.0. The molecule has 3 rings (SSSR count). The van der Waals surface area contributed by atoms with Gasteiger partial charge in [-0.25, -0.2) is 4.98 Å². The molecule has 0 fully saturated rings. The number of carbonyl (C=O) groups excluding carboxylic acids is 1. The molecule has 6 nitrogen and oxygen atoms in total. The van der Waals surface area contributed by atoms with Crippen molar-refractivity contribution in [3.63, 3.8) is 0 Å². The summed E-state index contributed by atoms with van der Waals surface area (Å²) in [6.45, 7) is 0. The molecule has 0 saturated carbocycles. The van der Waals surface area contributed by atoms with Crippen LogP contribution in [0.15, 0.2) is 58.8 Å². The Labute approximate surface area is 138 Å². The van der Waals surface area contributed by atoms with E-state index in [0.29, 0.717) is 10.7 Å². The van der Waals surface area contributed by atoms with Gasteiger partial charge in [-0.2, -0.15) is 0 Å². The van der Waals surface area contributed by atoms with Crippen LogP contribution in [0.4, 0.5) is 0 Å². The second kappa shape index (κ2) is 6.62. The Kier molecular flexibility index (Phi) is 4.38. The van der Waals surface area contributed by atoms with Crippen molar-refractivity contribution < 1.29 is 4.79 Å². The van der Waals surface area contributed by atoms with Crippen molar-refractivity contribution in [2.45, 2.75) is 10.2 Å². The van der Waals surface area contributed by atoms with Crippen molar-refractivity contribution in [2.75, 3.05) is 7.05 Å². The fraction of sp³-hybridized carbons (Fsp3) is 0.125. The zero-order valence-corrected chi connectivity index (χ0v) is 13.5. The number of carbonyl (C=O) groups is 1. The van der Waals surface area contributed by atoms with E-state index in [9.17, 15) is 4.79 Å². The molecule has 0 saturated heterocycles. The molecule has 0 aliphatic rings. The highest BCUT2D eigenvalue weighted by atomic mass is 32.2. The first-order valence-electron chi connectivity index (χ1n) is 7.00. The number of nitrogens with one attached hydrogen (secondary N) is 1. The molecule has 1 N–H and O–H groups in total. The van der Waals surface area contributed by atoms with Crippen molar-refractivity contribution in [3.8, 4) is 11.3 Å². The molecule has 1 amide bonds. The third kappa shape index (κ3) is 3.24. The van der Waals surface area contributed by atoms with Crippen LogP contribution in [-0.4, -0.2) is 32.7 Å². The van der Waals surface area contributed by atoms with Crippen LogP contribution in [0.2, 0.25) is 0 Å². The van der Waals surface area contributed by atoms with E-state index < -0.39 is 0 Å². The van der Waals surface area contributed by atoms with Gasteiger partial charge in [0.25, 0.3) is 5.91 Å². The highest BCUT2D eigenvalue weighted by molar-refractivity contribution is 7.99. The molecular formula is C16H15N5OS. The van der Waals surface area contributed by atoms with Gasteiger partial charge in [-0.1, -0.05) is 30.3 Å². The van der Waals surface area contributed by atoms with E-state index >= 15 is 0 Å².